The molecule has 0 spiro atoms. The second-order valence-electron chi connectivity index (χ2n) is 2.59. The Labute approximate surface area is 77.5 Å². The van der Waals surface area contributed by atoms with Gasteiger partial charge in [0, 0.05) is 37.9 Å². The quantitative estimate of drug-likeness (QED) is 0.612. The summed E-state index contributed by atoms with van der Waals surface area (Å²) in [6.45, 7) is 5.85. The Kier molecular flexibility index (Phi) is 5.92. The zero-order valence-electron chi connectivity index (χ0n) is 7.63. The van der Waals surface area contributed by atoms with Gasteiger partial charge in [-0.3, -0.25) is 9.59 Å². The van der Waals surface area contributed by atoms with Crippen LogP contribution in [0.4, 0.5) is 0 Å². The molecule has 4 radical (unpaired) electrons. The van der Waals surface area contributed by atoms with E-state index in [1.54, 1.807) is 13.1 Å². The van der Waals surface area contributed by atoms with Crippen molar-refractivity contribution >= 4 is 31.5 Å². The first-order valence-corrected chi connectivity index (χ1v) is 6.04. The van der Waals surface area contributed by atoms with Gasteiger partial charge in [0.15, 0.2) is 0 Å². The minimum atomic E-state index is -2.53. The van der Waals surface area contributed by atoms with Crippen molar-refractivity contribution in [3.05, 3.63) is 0 Å². The summed E-state index contributed by atoms with van der Waals surface area (Å²) in [6, 6.07) is 0. The number of hydrogen-bond acceptors (Lipinski definition) is 4. The summed E-state index contributed by atoms with van der Waals surface area (Å²) in [7, 11) is -2.53. The molecule has 4 nitrogen and oxygen atoms in total. The number of hydrogen-bond donors (Lipinski definition) is 0. The summed E-state index contributed by atoms with van der Waals surface area (Å²) in [5.41, 5.74) is 0. The average Bonchev–Trinajstić information content (AvgIpc) is 1.53. The topological polar surface area (TPSA) is 52.6 Å². The van der Waals surface area contributed by atoms with Crippen molar-refractivity contribution in [1.82, 2.24) is 0 Å². The van der Waals surface area contributed by atoms with Crippen LogP contribution in [0.3, 0.4) is 0 Å². The third-order valence-electron chi connectivity index (χ3n) is 0.779. The van der Waals surface area contributed by atoms with E-state index in [2.05, 4.69) is 0 Å². The van der Waals surface area contributed by atoms with E-state index in [0.717, 1.165) is 0 Å². The van der Waals surface area contributed by atoms with Crippen molar-refractivity contribution in [1.29, 1.82) is 0 Å². The Balaban J connectivity index is 0. The Bertz CT molecular complexity index is 160. The third kappa shape index (κ3) is 7.48. The van der Waals surface area contributed by atoms with Crippen molar-refractivity contribution in [2.45, 2.75) is 26.9 Å². The molecule has 0 amide bonds. The molecule has 0 fully saturated rings. The summed E-state index contributed by atoms with van der Waals surface area (Å²) in [4.78, 5) is 20.9. The molecule has 0 aliphatic rings. The first-order chi connectivity index (χ1) is 4.83. The molecule has 0 aliphatic heterocycles. The minimum Gasteiger partial charge on any atom is -0.485 e. The summed E-state index contributed by atoms with van der Waals surface area (Å²) >= 11 is 0. The van der Waals surface area contributed by atoms with Gasteiger partial charge in [0.1, 0.15) is 0 Å². The molecule has 68 valence electrons. The zero-order valence-corrected chi connectivity index (χ0v) is 9.63. The van der Waals surface area contributed by atoms with Crippen LogP contribution in [0, 0.1) is 0 Å². The molecule has 0 atom stereocenters. The van der Waals surface area contributed by atoms with Crippen LogP contribution in [0.5, 0.6) is 0 Å². The second kappa shape index (κ2) is 5.10. The van der Waals surface area contributed by atoms with Crippen LogP contribution in [0.15, 0.2) is 0 Å². The molecule has 0 bridgehead atoms. The largest absolute Gasteiger partial charge is 0.485 e. The van der Waals surface area contributed by atoms with Crippen LogP contribution in [0.2, 0.25) is 13.1 Å². The lowest BCUT2D eigenvalue weighted by Gasteiger charge is -2.19. The first kappa shape index (κ1) is 13.9. The second-order valence-corrected chi connectivity index (χ2v) is 5.80. The average molecular weight is 204 g/mol. The van der Waals surface area contributed by atoms with Crippen molar-refractivity contribution in [3.63, 3.8) is 0 Å². The molecular formula is C6H12O4Si2. The Morgan fingerprint density at radius 2 is 1.25 bits per heavy atom. The van der Waals surface area contributed by atoms with Gasteiger partial charge >= 0.3 is 8.56 Å². The minimum absolute atomic E-state index is 0. The molecule has 0 heterocycles. The monoisotopic (exact) mass is 204 g/mol. The zero-order chi connectivity index (χ0) is 9.07. The molecule has 0 aromatic rings. The van der Waals surface area contributed by atoms with Gasteiger partial charge in [0.25, 0.3) is 11.9 Å². The Morgan fingerprint density at radius 1 is 1.00 bits per heavy atom. The molecule has 0 N–H and O–H groups in total. The molecule has 0 aromatic heterocycles. The smallest absolute Gasteiger partial charge is 0.457 e. The van der Waals surface area contributed by atoms with Crippen LogP contribution in [-0.4, -0.2) is 31.5 Å². The van der Waals surface area contributed by atoms with E-state index < -0.39 is 20.5 Å². The van der Waals surface area contributed by atoms with Crippen molar-refractivity contribution < 1.29 is 18.4 Å². The number of carbonyl (C=O) groups is 2. The molecular weight excluding hydrogens is 192 g/mol. The highest BCUT2D eigenvalue weighted by Crippen LogP contribution is 2.06. The Hall–Kier alpha value is -0.626. The van der Waals surface area contributed by atoms with E-state index in [9.17, 15) is 9.59 Å². The van der Waals surface area contributed by atoms with E-state index in [1.165, 1.54) is 13.8 Å². The van der Waals surface area contributed by atoms with Crippen LogP contribution in [0.25, 0.3) is 0 Å². The van der Waals surface area contributed by atoms with Crippen LogP contribution in [-0.2, 0) is 18.4 Å². The molecule has 0 aliphatic carbocycles. The first-order valence-electron chi connectivity index (χ1n) is 3.22. The lowest BCUT2D eigenvalue weighted by Crippen LogP contribution is -2.38. The predicted octanol–water partition coefficient (Wildman–Crippen LogP) is 0.434. The summed E-state index contributed by atoms with van der Waals surface area (Å²) in [6.07, 6.45) is 0. The van der Waals surface area contributed by atoms with E-state index >= 15 is 0 Å². The fourth-order valence-corrected chi connectivity index (χ4v) is 2.14. The van der Waals surface area contributed by atoms with E-state index in [-0.39, 0.29) is 11.0 Å². The summed E-state index contributed by atoms with van der Waals surface area (Å²) in [5.74, 6) is -0.828. The number of rotatable bonds is 2. The molecule has 0 saturated carbocycles. The van der Waals surface area contributed by atoms with Gasteiger partial charge in [-0.15, -0.1) is 0 Å². The fourth-order valence-electron chi connectivity index (χ4n) is 0.713. The lowest BCUT2D eigenvalue weighted by atomic mass is 10.9. The lowest BCUT2D eigenvalue weighted by molar-refractivity contribution is -0.138. The van der Waals surface area contributed by atoms with Gasteiger partial charge in [-0.1, -0.05) is 0 Å². The molecule has 0 saturated heterocycles. The summed E-state index contributed by atoms with van der Waals surface area (Å²) in [5, 5.41) is 0. The van der Waals surface area contributed by atoms with E-state index in [4.69, 9.17) is 8.85 Å². The molecule has 12 heavy (non-hydrogen) atoms. The SMILES string of the molecule is CC(=O)O[Si](C)(C)OC(C)=O.[Si]. The van der Waals surface area contributed by atoms with Gasteiger partial charge in [-0.25, -0.2) is 0 Å². The maximum Gasteiger partial charge on any atom is 0.457 e. The van der Waals surface area contributed by atoms with Crippen molar-refractivity contribution in [2.24, 2.45) is 0 Å². The van der Waals surface area contributed by atoms with Gasteiger partial charge in [-0.05, 0) is 0 Å². The summed E-state index contributed by atoms with van der Waals surface area (Å²) < 4.78 is 9.61. The van der Waals surface area contributed by atoms with Crippen molar-refractivity contribution in [3.8, 4) is 0 Å². The highest BCUT2D eigenvalue weighted by atomic mass is 28.4. The normalized spacial score (nSPS) is 9.67. The van der Waals surface area contributed by atoms with Crippen LogP contribution < -0.4 is 0 Å². The number of carbonyl (C=O) groups excluding carboxylic acids is 2. The van der Waals surface area contributed by atoms with Crippen LogP contribution >= 0.6 is 0 Å². The maximum absolute atomic E-state index is 10.5. The molecule has 0 aromatic carbocycles. The van der Waals surface area contributed by atoms with Gasteiger partial charge in [0.05, 0.1) is 0 Å². The van der Waals surface area contributed by atoms with Crippen LogP contribution in [0.1, 0.15) is 13.8 Å². The molecule has 6 heteroatoms. The maximum atomic E-state index is 10.5. The fraction of sp³-hybridized carbons (Fsp3) is 0.667. The van der Waals surface area contributed by atoms with Gasteiger partial charge < -0.3 is 8.85 Å². The highest BCUT2D eigenvalue weighted by molar-refractivity contribution is 6.67. The van der Waals surface area contributed by atoms with Gasteiger partial charge in [0.2, 0.25) is 0 Å². The standard InChI is InChI=1S/C6H12O4Si.Si/c1-5(7)9-11(3,4)10-6(2)8;/h1-4H3;. The van der Waals surface area contributed by atoms with E-state index in [1.807, 2.05) is 0 Å². The predicted molar refractivity (Wildman–Crippen MR) is 46.8 cm³/mol. The Morgan fingerprint density at radius 3 is 1.42 bits per heavy atom. The molecule has 0 unspecified atom stereocenters. The third-order valence-corrected chi connectivity index (χ3v) is 2.34. The highest BCUT2D eigenvalue weighted by Gasteiger charge is 2.30. The molecule has 0 rings (SSSR count). The van der Waals surface area contributed by atoms with E-state index in [0.29, 0.717) is 0 Å². The van der Waals surface area contributed by atoms with Gasteiger partial charge in [-0.2, -0.15) is 0 Å². The van der Waals surface area contributed by atoms with Crippen molar-refractivity contribution in [2.75, 3.05) is 0 Å².